The summed E-state index contributed by atoms with van der Waals surface area (Å²) in [5.74, 6) is 0.393. The van der Waals surface area contributed by atoms with Crippen LogP contribution in [0.4, 0.5) is 4.39 Å². The normalized spacial score (nSPS) is 11.9. The lowest BCUT2D eigenvalue weighted by atomic mass is 9.84. The van der Waals surface area contributed by atoms with E-state index in [4.69, 9.17) is 4.98 Å². The highest BCUT2D eigenvalue weighted by molar-refractivity contribution is 5.73. The second kappa shape index (κ2) is 11.3. The van der Waals surface area contributed by atoms with Crippen LogP contribution in [0.5, 0.6) is 0 Å². The zero-order valence-corrected chi connectivity index (χ0v) is 18.6. The number of aliphatic hydroxyl groups is 1. The molecule has 0 radical (unpaired) electrons. The third-order valence-electron chi connectivity index (χ3n) is 5.31. The van der Waals surface area contributed by atoms with Crippen LogP contribution in [0.3, 0.4) is 0 Å². The Morgan fingerprint density at radius 1 is 0.931 bits per heavy atom. The third-order valence-corrected chi connectivity index (χ3v) is 5.31. The fraction of sp³-hybridized carbons (Fsp3) is 0.500. The van der Waals surface area contributed by atoms with E-state index >= 15 is 0 Å². The van der Waals surface area contributed by atoms with Gasteiger partial charge in [0.25, 0.3) is 0 Å². The van der Waals surface area contributed by atoms with Crippen molar-refractivity contribution in [1.29, 1.82) is 0 Å². The van der Waals surface area contributed by atoms with Gasteiger partial charge in [-0.2, -0.15) is 0 Å². The fourth-order valence-electron chi connectivity index (χ4n) is 3.91. The molecule has 2 rings (SSSR count). The molecule has 0 saturated carbocycles. The molecule has 0 saturated heterocycles. The van der Waals surface area contributed by atoms with Gasteiger partial charge in [0.05, 0.1) is 6.61 Å². The number of nitrogens with zero attached hydrogens (tertiary/aromatic N) is 1. The van der Waals surface area contributed by atoms with Crippen molar-refractivity contribution in [3.63, 3.8) is 0 Å². The van der Waals surface area contributed by atoms with E-state index in [1.165, 1.54) is 35.2 Å². The monoisotopic (exact) mass is 397 g/mol. The molecule has 1 aromatic carbocycles. The van der Waals surface area contributed by atoms with Crippen molar-refractivity contribution in [3.05, 3.63) is 64.7 Å². The Hall–Kier alpha value is -2.00. The molecule has 0 unspecified atom stereocenters. The first-order valence-corrected chi connectivity index (χ1v) is 11.0. The molecule has 1 aromatic heterocycles. The van der Waals surface area contributed by atoms with Crippen LogP contribution in [0.15, 0.2) is 36.4 Å². The van der Waals surface area contributed by atoms with Gasteiger partial charge in [-0.05, 0) is 65.5 Å². The maximum atomic E-state index is 13.7. The van der Waals surface area contributed by atoms with Crippen molar-refractivity contribution in [2.75, 3.05) is 6.61 Å². The van der Waals surface area contributed by atoms with E-state index in [0.717, 1.165) is 24.1 Å². The van der Waals surface area contributed by atoms with Crippen molar-refractivity contribution in [2.45, 2.75) is 78.6 Å². The molecule has 158 valence electrons. The minimum Gasteiger partial charge on any atom is -0.392 e. The maximum Gasteiger partial charge on any atom is 0.123 e. The van der Waals surface area contributed by atoms with Gasteiger partial charge in [0.2, 0.25) is 0 Å². The van der Waals surface area contributed by atoms with Crippen LogP contribution < -0.4 is 0 Å². The van der Waals surface area contributed by atoms with Crippen LogP contribution in [-0.4, -0.2) is 16.7 Å². The smallest absolute Gasteiger partial charge is 0.123 e. The number of allylic oxidation sites excluding steroid dienone is 1. The minimum atomic E-state index is -0.217. The molecule has 0 spiro atoms. The van der Waals surface area contributed by atoms with Gasteiger partial charge in [-0.3, -0.25) is 4.98 Å². The van der Waals surface area contributed by atoms with E-state index in [1.807, 2.05) is 18.2 Å². The number of unbranched alkanes of at least 4 members (excludes halogenated alkanes) is 2. The van der Waals surface area contributed by atoms with Gasteiger partial charge in [-0.15, -0.1) is 0 Å². The zero-order chi connectivity index (χ0) is 21.4. The Morgan fingerprint density at radius 3 is 2.10 bits per heavy atom. The summed E-state index contributed by atoms with van der Waals surface area (Å²) in [6.07, 6.45) is 8.98. The topological polar surface area (TPSA) is 33.1 Å². The van der Waals surface area contributed by atoms with Gasteiger partial charge in [-0.1, -0.05) is 71.7 Å². The Morgan fingerprint density at radius 2 is 1.55 bits per heavy atom. The molecule has 0 atom stereocenters. The molecule has 2 aromatic rings. The highest BCUT2D eigenvalue weighted by Gasteiger charge is 2.23. The van der Waals surface area contributed by atoms with Crippen molar-refractivity contribution < 1.29 is 9.50 Å². The number of aliphatic hydroxyl groups excluding tert-OH is 1. The molecule has 0 aliphatic carbocycles. The SMILES string of the molecule is CCCCCc1c(C(C)C)nc(C(C)C)c(CC=CCO)c1-c1ccc(F)cc1. The first kappa shape index (κ1) is 23.3. The van der Waals surface area contributed by atoms with Crippen LogP contribution in [0, 0.1) is 5.82 Å². The van der Waals surface area contributed by atoms with E-state index < -0.39 is 0 Å². The molecule has 0 fully saturated rings. The highest BCUT2D eigenvalue weighted by Crippen LogP contribution is 2.38. The maximum absolute atomic E-state index is 13.7. The van der Waals surface area contributed by atoms with E-state index in [9.17, 15) is 9.50 Å². The average Bonchev–Trinajstić information content (AvgIpc) is 2.68. The molecule has 0 amide bonds. The lowest BCUT2D eigenvalue weighted by Gasteiger charge is -2.25. The molecule has 0 aliphatic heterocycles. The second-order valence-corrected chi connectivity index (χ2v) is 8.35. The van der Waals surface area contributed by atoms with Gasteiger partial charge in [-0.25, -0.2) is 4.39 Å². The van der Waals surface area contributed by atoms with Crippen molar-refractivity contribution in [3.8, 4) is 11.1 Å². The average molecular weight is 398 g/mol. The number of benzene rings is 1. The van der Waals surface area contributed by atoms with Gasteiger partial charge >= 0.3 is 0 Å². The van der Waals surface area contributed by atoms with Gasteiger partial charge in [0, 0.05) is 11.4 Å². The summed E-state index contributed by atoms with van der Waals surface area (Å²) in [7, 11) is 0. The summed E-state index contributed by atoms with van der Waals surface area (Å²) < 4.78 is 13.7. The standard InChI is InChI=1S/C26H36FNO/c1-6-7-8-11-22-24(20-13-15-21(27)16-14-20)23(12-9-10-17-29)26(19(4)5)28-25(22)18(2)3/h9-10,13-16,18-19,29H,6-8,11-12,17H2,1-5H3. The van der Waals surface area contributed by atoms with E-state index in [0.29, 0.717) is 12.3 Å². The second-order valence-electron chi connectivity index (χ2n) is 8.35. The Labute approximate surface area is 175 Å². The van der Waals surface area contributed by atoms with Crippen molar-refractivity contribution in [1.82, 2.24) is 4.98 Å². The number of aromatic nitrogens is 1. The first-order valence-electron chi connectivity index (χ1n) is 11.0. The fourth-order valence-corrected chi connectivity index (χ4v) is 3.91. The van der Waals surface area contributed by atoms with Gasteiger partial charge in [0.1, 0.15) is 5.82 Å². The summed E-state index contributed by atoms with van der Waals surface area (Å²) in [6.45, 7) is 11.0. The Balaban J connectivity index is 2.80. The van der Waals surface area contributed by atoms with Crippen LogP contribution in [0.25, 0.3) is 11.1 Å². The van der Waals surface area contributed by atoms with E-state index in [-0.39, 0.29) is 18.3 Å². The zero-order valence-electron chi connectivity index (χ0n) is 18.6. The molecule has 3 heteroatoms. The van der Waals surface area contributed by atoms with E-state index in [1.54, 1.807) is 18.2 Å². The van der Waals surface area contributed by atoms with Gasteiger partial charge in [0.15, 0.2) is 0 Å². The number of pyridine rings is 1. The summed E-state index contributed by atoms with van der Waals surface area (Å²) in [4.78, 5) is 5.16. The number of rotatable bonds is 10. The lowest BCUT2D eigenvalue weighted by molar-refractivity contribution is 0.342. The highest BCUT2D eigenvalue weighted by atomic mass is 19.1. The van der Waals surface area contributed by atoms with Crippen LogP contribution in [-0.2, 0) is 12.8 Å². The Bertz CT molecular complexity index is 806. The molecule has 1 heterocycles. The number of hydrogen-bond acceptors (Lipinski definition) is 2. The van der Waals surface area contributed by atoms with Gasteiger partial charge < -0.3 is 5.11 Å². The quantitative estimate of drug-likeness (QED) is 0.347. The predicted octanol–water partition coefficient (Wildman–Crippen LogP) is 6.96. The molecule has 29 heavy (non-hydrogen) atoms. The molecular formula is C26H36FNO. The number of hydrogen-bond donors (Lipinski definition) is 1. The third kappa shape index (κ3) is 5.99. The summed E-state index contributed by atoms with van der Waals surface area (Å²) in [6, 6.07) is 6.87. The van der Waals surface area contributed by atoms with Crippen molar-refractivity contribution in [2.24, 2.45) is 0 Å². The summed E-state index contributed by atoms with van der Waals surface area (Å²) in [5, 5.41) is 9.21. The lowest BCUT2D eigenvalue weighted by Crippen LogP contribution is -2.12. The van der Waals surface area contributed by atoms with E-state index in [2.05, 4.69) is 34.6 Å². The summed E-state index contributed by atoms with van der Waals surface area (Å²) >= 11 is 0. The summed E-state index contributed by atoms with van der Waals surface area (Å²) in [5.41, 5.74) is 7.04. The molecule has 1 N–H and O–H groups in total. The van der Waals surface area contributed by atoms with Crippen LogP contribution >= 0.6 is 0 Å². The van der Waals surface area contributed by atoms with Crippen LogP contribution in [0.2, 0.25) is 0 Å². The molecular weight excluding hydrogens is 361 g/mol. The van der Waals surface area contributed by atoms with Crippen molar-refractivity contribution >= 4 is 0 Å². The molecule has 2 nitrogen and oxygen atoms in total. The number of halogens is 1. The first-order chi connectivity index (χ1) is 13.9. The molecule has 0 aliphatic rings. The largest absolute Gasteiger partial charge is 0.392 e. The predicted molar refractivity (Wildman–Crippen MR) is 121 cm³/mol. The van der Waals surface area contributed by atoms with Crippen LogP contribution in [0.1, 0.15) is 88.2 Å². The minimum absolute atomic E-state index is 0.0315. The molecule has 0 bridgehead atoms. The Kier molecular flexibility index (Phi) is 9.03.